The normalized spacial score (nSPS) is 11.5. The smallest absolute Gasteiger partial charge is 0.207 e. The molecule has 0 aliphatic carbocycles. The zero-order valence-corrected chi connectivity index (χ0v) is 12.9. The van der Waals surface area contributed by atoms with Gasteiger partial charge in [0.1, 0.15) is 5.82 Å². The van der Waals surface area contributed by atoms with Crippen molar-refractivity contribution in [2.75, 3.05) is 6.54 Å². The average molecular weight is 322 g/mol. The zero-order valence-electron chi connectivity index (χ0n) is 12.1. The van der Waals surface area contributed by atoms with Crippen molar-refractivity contribution in [2.24, 2.45) is 0 Å². The summed E-state index contributed by atoms with van der Waals surface area (Å²) in [5.41, 5.74) is 1.89. The molecule has 0 atom stereocenters. The summed E-state index contributed by atoms with van der Waals surface area (Å²) in [4.78, 5) is 0. The number of hydrogen-bond donors (Lipinski definition) is 2. The molecular weight excluding hydrogens is 303 g/mol. The van der Waals surface area contributed by atoms with E-state index in [9.17, 15) is 12.8 Å². The second kappa shape index (κ2) is 8.03. The van der Waals surface area contributed by atoms with Gasteiger partial charge in [-0.05, 0) is 36.1 Å². The third-order valence-electron chi connectivity index (χ3n) is 3.16. The monoisotopic (exact) mass is 322 g/mol. The molecule has 0 heterocycles. The fourth-order valence-electron chi connectivity index (χ4n) is 1.98. The van der Waals surface area contributed by atoms with Crippen LogP contribution >= 0.6 is 0 Å². The summed E-state index contributed by atoms with van der Waals surface area (Å²) in [5.74, 6) is -0.342. The third kappa shape index (κ3) is 5.93. The number of halogens is 1. The first-order valence-electron chi connectivity index (χ1n) is 7.08. The lowest BCUT2D eigenvalue weighted by molar-refractivity contribution is 0.563. The molecule has 2 aromatic rings. The maximum absolute atomic E-state index is 12.8. The second-order valence-electron chi connectivity index (χ2n) is 4.93. The van der Waals surface area contributed by atoms with E-state index < -0.39 is 10.2 Å². The molecule has 0 bridgehead atoms. The molecule has 6 heteroatoms. The molecule has 0 aromatic heterocycles. The number of hydrogen-bond acceptors (Lipinski definition) is 2. The van der Waals surface area contributed by atoms with Crippen LogP contribution in [0.2, 0.25) is 0 Å². The lowest BCUT2D eigenvalue weighted by Gasteiger charge is -2.08. The highest BCUT2D eigenvalue weighted by Crippen LogP contribution is 2.03. The van der Waals surface area contributed by atoms with Gasteiger partial charge in [0.2, 0.25) is 0 Å². The lowest BCUT2D eigenvalue weighted by Crippen LogP contribution is -2.36. The topological polar surface area (TPSA) is 58.2 Å². The summed E-state index contributed by atoms with van der Waals surface area (Å²) in [6.07, 6.45) is 1.54. The Morgan fingerprint density at radius 2 is 1.55 bits per heavy atom. The van der Waals surface area contributed by atoms with E-state index >= 15 is 0 Å². The average Bonchev–Trinajstić information content (AvgIpc) is 2.52. The quantitative estimate of drug-likeness (QED) is 0.733. The van der Waals surface area contributed by atoms with Crippen molar-refractivity contribution in [3.8, 4) is 0 Å². The predicted molar refractivity (Wildman–Crippen MR) is 84.9 cm³/mol. The van der Waals surface area contributed by atoms with Crippen LogP contribution in [0, 0.1) is 5.82 Å². The van der Waals surface area contributed by atoms with E-state index in [1.54, 1.807) is 12.1 Å². The first kappa shape index (κ1) is 16.6. The Hall–Kier alpha value is -1.76. The second-order valence-corrected chi connectivity index (χ2v) is 6.52. The van der Waals surface area contributed by atoms with Gasteiger partial charge in [-0.15, -0.1) is 0 Å². The summed E-state index contributed by atoms with van der Waals surface area (Å²) < 4.78 is 41.3. The lowest BCUT2D eigenvalue weighted by atomic mass is 10.1. The highest BCUT2D eigenvalue weighted by molar-refractivity contribution is 7.87. The molecule has 0 aliphatic rings. The van der Waals surface area contributed by atoms with E-state index in [4.69, 9.17) is 0 Å². The van der Waals surface area contributed by atoms with E-state index in [0.29, 0.717) is 12.1 Å². The fraction of sp³-hybridized carbons (Fsp3) is 0.250. The van der Waals surface area contributed by atoms with E-state index in [-0.39, 0.29) is 12.4 Å². The molecule has 2 aromatic carbocycles. The van der Waals surface area contributed by atoms with Gasteiger partial charge in [-0.2, -0.15) is 13.1 Å². The van der Waals surface area contributed by atoms with Crippen LogP contribution in [0.3, 0.4) is 0 Å². The molecule has 0 amide bonds. The third-order valence-corrected chi connectivity index (χ3v) is 4.27. The molecule has 2 N–H and O–H groups in total. The van der Waals surface area contributed by atoms with Gasteiger partial charge in [0, 0.05) is 13.1 Å². The van der Waals surface area contributed by atoms with Crippen LogP contribution in [0.1, 0.15) is 17.5 Å². The molecule has 0 fully saturated rings. The van der Waals surface area contributed by atoms with Gasteiger partial charge < -0.3 is 0 Å². The number of benzene rings is 2. The van der Waals surface area contributed by atoms with Gasteiger partial charge in [0.05, 0.1) is 0 Å². The molecule has 2 rings (SSSR count). The Morgan fingerprint density at radius 1 is 0.864 bits per heavy atom. The van der Waals surface area contributed by atoms with E-state index in [1.165, 1.54) is 17.7 Å². The number of rotatable bonds is 8. The molecule has 4 nitrogen and oxygen atoms in total. The standard InChI is InChI=1S/C16H19FN2O2S/c17-16-10-8-15(9-11-16)13-19-22(20,21)18-12-4-7-14-5-2-1-3-6-14/h1-3,5-6,8-11,18-19H,4,7,12-13H2. The summed E-state index contributed by atoms with van der Waals surface area (Å²) in [5, 5.41) is 0. The summed E-state index contributed by atoms with van der Waals surface area (Å²) >= 11 is 0. The SMILES string of the molecule is O=S(=O)(NCCCc1ccccc1)NCc1ccc(F)cc1. The molecule has 118 valence electrons. The van der Waals surface area contributed by atoms with Crippen LogP contribution in [-0.4, -0.2) is 15.0 Å². The van der Waals surface area contributed by atoms with Crippen molar-refractivity contribution in [2.45, 2.75) is 19.4 Å². The van der Waals surface area contributed by atoms with Crippen LogP contribution in [-0.2, 0) is 23.2 Å². The van der Waals surface area contributed by atoms with Crippen LogP contribution < -0.4 is 9.44 Å². The predicted octanol–water partition coefficient (Wildman–Crippen LogP) is 2.38. The van der Waals surface area contributed by atoms with Crippen molar-refractivity contribution >= 4 is 10.2 Å². The van der Waals surface area contributed by atoms with Crippen molar-refractivity contribution in [3.05, 3.63) is 71.5 Å². The van der Waals surface area contributed by atoms with Gasteiger partial charge in [-0.3, -0.25) is 0 Å². The number of aryl methyl sites for hydroxylation is 1. The summed E-state index contributed by atoms with van der Waals surface area (Å²) in [6, 6.07) is 15.6. The molecule has 0 spiro atoms. The summed E-state index contributed by atoms with van der Waals surface area (Å²) in [7, 11) is -3.54. The van der Waals surface area contributed by atoms with Gasteiger partial charge in [-0.25, -0.2) is 9.11 Å². The number of nitrogens with one attached hydrogen (secondary N) is 2. The minimum atomic E-state index is -3.54. The molecule has 0 unspecified atom stereocenters. The molecule has 0 radical (unpaired) electrons. The minimum Gasteiger partial charge on any atom is -0.207 e. The fourth-order valence-corrected chi connectivity index (χ4v) is 2.85. The Bertz CT molecular complexity index is 673. The largest absolute Gasteiger partial charge is 0.277 e. The van der Waals surface area contributed by atoms with Crippen molar-refractivity contribution in [1.82, 2.24) is 9.44 Å². The van der Waals surface area contributed by atoms with Crippen molar-refractivity contribution in [3.63, 3.8) is 0 Å². The van der Waals surface area contributed by atoms with E-state index in [2.05, 4.69) is 9.44 Å². The van der Waals surface area contributed by atoms with E-state index in [0.717, 1.165) is 12.8 Å². The Morgan fingerprint density at radius 3 is 2.23 bits per heavy atom. The van der Waals surface area contributed by atoms with Gasteiger partial charge >= 0.3 is 0 Å². The van der Waals surface area contributed by atoms with Crippen molar-refractivity contribution < 1.29 is 12.8 Å². The molecule has 0 saturated carbocycles. The van der Waals surface area contributed by atoms with Crippen molar-refractivity contribution in [1.29, 1.82) is 0 Å². The van der Waals surface area contributed by atoms with Gasteiger partial charge in [0.15, 0.2) is 0 Å². The first-order chi connectivity index (χ1) is 10.6. The molecule has 22 heavy (non-hydrogen) atoms. The maximum atomic E-state index is 12.8. The van der Waals surface area contributed by atoms with Crippen LogP contribution in [0.15, 0.2) is 54.6 Å². The highest BCUT2D eigenvalue weighted by Gasteiger charge is 2.08. The molecular formula is C16H19FN2O2S. The first-order valence-corrected chi connectivity index (χ1v) is 8.56. The van der Waals surface area contributed by atoms with Gasteiger partial charge in [0.25, 0.3) is 10.2 Å². The van der Waals surface area contributed by atoms with Crippen LogP contribution in [0.4, 0.5) is 4.39 Å². The highest BCUT2D eigenvalue weighted by atomic mass is 32.2. The van der Waals surface area contributed by atoms with E-state index in [1.807, 2.05) is 30.3 Å². The van der Waals surface area contributed by atoms with Gasteiger partial charge in [-0.1, -0.05) is 42.5 Å². The maximum Gasteiger partial charge on any atom is 0.277 e. The molecule has 0 aliphatic heterocycles. The Kier molecular flexibility index (Phi) is 6.06. The van der Waals surface area contributed by atoms with Crippen LogP contribution in [0.5, 0.6) is 0 Å². The Labute approximate surface area is 130 Å². The minimum absolute atomic E-state index is 0.133. The Balaban J connectivity index is 1.71. The van der Waals surface area contributed by atoms with Crippen LogP contribution in [0.25, 0.3) is 0 Å². The zero-order chi connectivity index (χ0) is 15.8. The summed E-state index contributed by atoms with van der Waals surface area (Å²) in [6.45, 7) is 0.502. The molecule has 0 saturated heterocycles.